The molecule has 0 radical (unpaired) electrons. The van der Waals surface area contributed by atoms with Crippen LogP contribution in [-0.4, -0.2) is 0 Å². The number of hydrazine groups is 1. The molecule has 0 spiro atoms. The van der Waals surface area contributed by atoms with Crippen molar-refractivity contribution in [2.75, 3.05) is 0 Å². The first-order chi connectivity index (χ1) is 8.99. The van der Waals surface area contributed by atoms with Crippen LogP contribution in [0.1, 0.15) is 50.3 Å². The Labute approximate surface area is 121 Å². The second-order valence-corrected chi connectivity index (χ2v) is 6.82. The molecule has 1 aliphatic rings. The topological polar surface area (TPSA) is 38.0 Å². The number of nitrogens with two attached hydrogens (primary N) is 1. The van der Waals surface area contributed by atoms with Crippen molar-refractivity contribution in [2.24, 2.45) is 23.6 Å². The van der Waals surface area contributed by atoms with Crippen LogP contribution in [0.2, 0.25) is 5.02 Å². The van der Waals surface area contributed by atoms with Gasteiger partial charge in [0.05, 0.1) is 0 Å². The highest BCUT2D eigenvalue weighted by molar-refractivity contribution is 6.30. The van der Waals surface area contributed by atoms with Gasteiger partial charge in [0.15, 0.2) is 0 Å². The fourth-order valence-electron chi connectivity index (χ4n) is 3.73. The molecular weight excluding hydrogens is 256 g/mol. The highest BCUT2D eigenvalue weighted by Crippen LogP contribution is 2.40. The Balaban J connectivity index is 2.23. The number of halogens is 1. The average Bonchev–Trinajstić information content (AvgIpc) is 2.27. The first-order valence-electron chi connectivity index (χ1n) is 7.22. The van der Waals surface area contributed by atoms with Gasteiger partial charge in [-0.2, -0.15) is 0 Å². The minimum Gasteiger partial charge on any atom is -0.271 e. The molecule has 1 saturated carbocycles. The molecular formula is C16H25ClN2. The van der Waals surface area contributed by atoms with Crippen LogP contribution < -0.4 is 11.3 Å². The molecule has 2 rings (SSSR count). The SMILES string of the molecule is Cc1cc(Cl)cc(C(NN)C2CC(C)CC(C)C2)c1. The first kappa shape index (κ1) is 14.8. The van der Waals surface area contributed by atoms with E-state index in [1.165, 1.54) is 30.4 Å². The average molecular weight is 281 g/mol. The third-order valence-corrected chi connectivity index (χ3v) is 4.51. The van der Waals surface area contributed by atoms with Crippen LogP contribution in [0, 0.1) is 24.7 Å². The fourth-order valence-corrected chi connectivity index (χ4v) is 4.03. The van der Waals surface area contributed by atoms with E-state index in [2.05, 4.69) is 32.3 Å². The molecule has 0 aliphatic heterocycles. The van der Waals surface area contributed by atoms with E-state index < -0.39 is 0 Å². The van der Waals surface area contributed by atoms with Crippen LogP contribution in [0.15, 0.2) is 18.2 Å². The summed E-state index contributed by atoms with van der Waals surface area (Å²) in [5.41, 5.74) is 5.44. The quantitative estimate of drug-likeness (QED) is 0.642. The number of nitrogens with one attached hydrogen (secondary N) is 1. The minimum atomic E-state index is 0.211. The molecule has 0 amide bonds. The Morgan fingerprint density at radius 1 is 1.16 bits per heavy atom. The lowest BCUT2D eigenvalue weighted by molar-refractivity contribution is 0.177. The number of hydrogen-bond donors (Lipinski definition) is 2. The third-order valence-electron chi connectivity index (χ3n) is 4.29. The Hall–Kier alpha value is -0.570. The van der Waals surface area contributed by atoms with Crippen molar-refractivity contribution in [1.29, 1.82) is 0 Å². The molecule has 0 bridgehead atoms. The van der Waals surface area contributed by atoms with Crippen molar-refractivity contribution < 1.29 is 0 Å². The zero-order valence-corrected chi connectivity index (χ0v) is 12.9. The second-order valence-electron chi connectivity index (χ2n) is 6.38. The summed E-state index contributed by atoms with van der Waals surface area (Å²) in [5.74, 6) is 8.00. The zero-order chi connectivity index (χ0) is 14.0. The number of aryl methyl sites for hydroxylation is 1. The van der Waals surface area contributed by atoms with E-state index in [1.54, 1.807) is 0 Å². The highest BCUT2D eigenvalue weighted by Gasteiger charge is 2.30. The van der Waals surface area contributed by atoms with E-state index in [0.717, 1.165) is 16.9 Å². The van der Waals surface area contributed by atoms with Crippen molar-refractivity contribution in [3.05, 3.63) is 34.3 Å². The minimum absolute atomic E-state index is 0.211. The molecule has 1 aliphatic carbocycles. The number of rotatable bonds is 3. The van der Waals surface area contributed by atoms with E-state index in [-0.39, 0.29) is 6.04 Å². The molecule has 0 heterocycles. The van der Waals surface area contributed by atoms with Crippen molar-refractivity contribution in [1.82, 2.24) is 5.43 Å². The largest absolute Gasteiger partial charge is 0.271 e. The van der Waals surface area contributed by atoms with Crippen LogP contribution in [-0.2, 0) is 0 Å². The van der Waals surface area contributed by atoms with Crippen LogP contribution in [0.25, 0.3) is 0 Å². The molecule has 0 saturated heterocycles. The van der Waals surface area contributed by atoms with Gasteiger partial charge in [0, 0.05) is 11.1 Å². The van der Waals surface area contributed by atoms with Gasteiger partial charge in [0.25, 0.3) is 0 Å². The standard InChI is InChI=1S/C16H25ClN2/c1-10-4-11(2)6-13(5-10)16(19-18)14-7-12(3)8-15(17)9-14/h7-11,13,16,19H,4-6,18H2,1-3H3. The van der Waals surface area contributed by atoms with Gasteiger partial charge in [0.1, 0.15) is 0 Å². The smallest absolute Gasteiger partial charge is 0.0488 e. The summed E-state index contributed by atoms with van der Waals surface area (Å²) >= 11 is 6.18. The number of benzene rings is 1. The van der Waals surface area contributed by atoms with E-state index >= 15 is 0 Å². The zero-order valence-electron chi connectivity index (χ0n) is 12.1. The molecule has 3 heteroatoms. The van der Waals surface area contributed by atoms with E-state index in [1.807, 2.05) is 12.1 Å². The predicted molar refractivity (Wildman–Crippen MR) is 81.9 cm³/mol. The van der Waals surface area contributed by atoms with E-state index in [0.29, 0.717) is 5.92 Å². The predicted octanol–water partition coefficient (Wildman–Crippen LogP) is 4.23. The van der Waals surface area contributed by atoms with Crippen molar-refractivity contribution >= 4 is 11.6 Å². The van der Waals surface area contributed by atoms with Crippen molar-refractivity contribution in [2.45, 2.75) is 46.1 Å². The van der Waals surface area contributed by atoms with Crippen molar-refractivity contribution in [3.8, 4) is 0 Å². The summed E-state index contributed by atoms with van der Waals surface area (Å²) in [6.07, 6.45) is 3.82. The molecule has 1 fully saturated rings. The van der Waals surface area contributed by atoms with Crippen LogP contribution in [0.5, 0.6) is 0 Å². The maximum absolute atomic E-state index is 6.18. The van der Waals surface area contributed by atoms with Gasteiger partial charge in [-0.1, -0.05) is 31.5 Å². The maximum atomic E-state index is 6.18. The van der Waals surface area contributed by atoms with Gasteiger partial charge in [-0.25, -0.2) is 0 Å². The van der Waals surface area contributed by atoms with Crippen LogP contribution in [0.4, 0.5) is 0 Å². The molecule has 3 atom stereocenters. The molecule has 3 N–H and O–H groups in total. The summed E-state index contributed by atoms with van der Waals surface area (Å²) in [6, 6.07) is 6.44. The molecule has 1 aromatic rings. The molecule has 19 heavy (non-hydrogen) atoms. The summed E-state index contributed by atoms with van der Waals surface area (Å²) in [5, 5.41) is 0.798. The summed E-state index contributed by atoms with van der Waals surface area (Å²) in [6.45, 7) is 6.77. The lowest BCUT2D eigenvalue weighted by Gasteiger charge is -2.36. The summed E-state index contributed by atoms with van der Waals surface area (Å²) < 4.78 is 0. The first-order valence-corrected chi connectivity index (χ1v) is 7.60. The molecule has 0 aromatic heterocycles. The second kappa shape index (κ2) is 6.25. The molecule has 2 nitrogen and oxygen atoms in total. The lowest BCUT2D eigenvalue weighted by Crippen LogP contribution is -2.37. The molecule has 106 valence electrons. The van der Waals surface area contributed by atoms with Gasteiger partial charge in [-0.05, 0) is 67.2 Å². The number of hydrogen-bond acceptors (Lipinski definition) is 2. The Morgan fingerprint density at radius 2 is 1.79 bits per heavy atom. The molecule has 3 unspecified atom stereocenters. The summed E-state index contributed by atoms with van der Waals surface area (Å²) in [7, 11) is 0. The van der Waals surface area contributed by atoms with Gasteiger partial charge in [-0.3, -0.25) is 11.3 Å². The van der Waals surface area contributed by atoms with E-state index in [9.17, 15) is 0 Å². The van der Waals surface area contributed by atoms with Crippen LogP contribution >= 0.6 is 11.6 Å². The van der Waals surface area contributed by atoms with Gasteiger partial charge < -0.3 is 0 Å². The van der Waals surface area contributed by atoms with Gasteiger partial charge >= 0.3 is 0 Å². The van der Waals surface area contributed by atoms with E-state index in [4.69, 9.17) is 17.4 Å². The van der Waals surface area contributed by atoms with Gasteiger partial charge in [-0.15, -0.1) is 0 Å². The summed E-state index contributed by atoms with van der Waals surface area (Å²) in [4.78, 5) is 0. The molecule has 1 aromatic carbocycles. The maximum Gasteiger partial charge on any atom is 0.0488 e. The monoisotopic (exact) mass is 280 g/mol. The Bertz CT molecular complexity index is 403. The van der Waals surface area contributed by atoms with Gasteiger partial charge in [0.2, 0.25) is 0 Å². The third kappa shape index (κ3) is 3.71. The fraction of sp³-hybridized carbons (Fsp3) is 0.625. The van der Waals surface area contributed by atoms with Crippen LogP contribution in [0.3, 0.4) is 0 Å². The lowest BCUT2D eigenvalue weighted by atomic mass is 9.72. The highest BCUT2D eigenvalue weighted by atomic mass is 35.5. The normalized spacial score (nSPS) is 29.2. The Morgan fingerprint density at radius 3 is 2.32 bits per heavy atom. The van der Waals surface area contributed by atoms with Crippen molar-refractivity contribution in [3.63, 3.8) is 0 Å². The Kier molecular flexibility index (Phi) is 4.88.